The maximum Gasteiger partial charge on any atom is 0.451 e. The normalized spacial score (nSPS) is 11.5. The molecule has 0 fully saturated rings. The molecule has 3 aromatic heterocycles. The Morgan fingerprint density at radius 3 is 2.42 bits per heavy atom. The number of nitrogens with zero attached hydrogens (tertiary/aromatic N) is 6. The molecule has 4 aromatic rings. The van der Waals surface area contributed by atoms with E-state index in [0.29, 0.717) is 27.2 Å². The van der Waals surface area contributed by atoms with E-state index in [9.17, 15) is 18.0 Å². The number of hydrogen-bond donors (Lipinski definition) is 1. The van der Waals surface area contributed by atoms with Crippen LogP contribution in [0.3, 0.4) is 0 Å². The van der Waals surface area contributed by atoms with E-state index in [1.54, 1.807) is 31.6 Å². The molecule has 3 heterocycles. The standard InChI is InChI=1S/C22H18F3N7O/c1-12-3-4-19(29-8-12)17-6-15(32-21(22(23,24)25)30-11-31-32)7-18(20(26)33)16(17)5-14-10-27-13(2)9-28-14/h3-4,6-11H,5H2,1-2H3,(H2,26,33). The van der Waals surface area contributed by atoms with E-state index < -0.39 is 17.9 Å². The van der Waals surface area contributed by atoms with Gasteiger partial charge in [0.15, 0.2) is 0 Å². The summed E-state index contributed by atoms with van der Waals surface area (Å²) in [6.45, 7) is 3.65. The molecule has 0 atom stereocenters. The van der Waals surface area contributed by atoms with Crippen molar-refractivity contribution in [2.24, 2.45) is 5.73 Å². The van der Waals surface area contributed by atoms with Crippen LogP contribution in [-0.4, -0.2) is 35.6 Å². The molecule has 168 valence electrons. The molecule has 1 aromatic carbocycles. The van der Waals surface area contributed by atoms with Crippen molar-refractivity contribution >= 4 is 5.91 Å². The van der Waals surface area contributed by atoms with Gasteiger partial charge in [0.25, 0.3) is 0 Å². The average Bonchev–Trinajstić information content (AvgIpc) is 3.26. The molecule has 1 amide bonds. The summed E-state index contributed by atoms with van der Waals surface area (Å²) >= 11 is 0. The van der Waals surface area contributed by atoms with E-state index in [4.69, 9.17) is 5.73 Å². The maximum absolute atomic E-state index is 13.5. The van der Waals surface area contributed by atoms with Crippen molar-refractivity contribution in [2.75, 3.05) is 0 Å². The summed E-state index contributed by atoms with van der Waals surface area (Å²) < 4.78 is 41.0. The van der Waals surface area contributed by atoms with Crippen LogP contribution in [0.4, 0.5) is 13.2 Å². The lowest BCUT2D eigenvalue weighted by Gasteiger charge is -2.17. The molecule has 11 heteroatoms. The molecule has 0 unspecified atom stereocenters. The van der Waals surface area contributed by atoms with Crippen LogP contribution in [-0.2, 0) is 12.6 Å². The Balaban J connectivity index is 1.97. The number of hydrogen-bond acceptors (Lipinski definition) is 6. The molecular formula is C22H18F3N7O. The van der Waals surface area contributed by atoms with Gasteiger partial charge in [-0.3, -0.25) is 19.7 Å². The number of alkyl halides is 3. The van der Waals surface area contributed by atoms with Gasteiger partial charge in [-0.1, -0.05) is 6.07 Å². The van der Waals surface area contributed by atoms with Gasteiger partial charge in [-0.15, -0.1) is 0 Å². The maximum atomic E-state index is 13.5. The third kappa shape index (κ3) is 4.56. The first-order chi connectivity index (χ1) is 15.6. The van der Waals surface area contributed by atoms with Gasteiger partial charge in [-0.25, -0.2) is 9.67 Å². The number of halogens is 3. The monoisotopic (exact) mass is 453 g/mol. The summed E-state index contributed by atoms with van der Waals surface area (Å²) in [4.78, 5) is 28.7. The van der Waals surface area contributed by atoms with Crippen molar-refractivity contribution in [1.82, 2.24) is 29.7 Å². The fraction of sp³-hybridized carbons (Fsp3) is 0.182. The van der Waals surface area contributed by atoms with Crippen LogP contribution in [0, 0.1) is 13.8 Å². The molecule has 4 rings (SSSR count). The average molecular weight is 453 g/mol. The lowest BCUT2D eigenvalue weighted by Crippen LogP contribution is -2.19. The predicted octanol–water partition coefficient (Wildman–Crippen LogP) is 3.44. The first kappa shape index (κ1) is 22.1. The van der Waals surface area contributed by atoms with Gasteiger partial charge < -0.3 is 5.73 Å². The molecule has 0 radical (unpaired) electrons. The summed E-state index contributed by atoms with van der Waals surface area (Å²) in [5, 5.41) is 3.72. The topological polar surface area (TPSA) is 112 Å². The zero-order valence-corrected chi connectivity index (χ0v) is 17.6. The summed E-state index contributed by atoms with van der Waals surface area (Å²) in [5.41, 5.74) is 9.16. The minimum Gasteiger partial charge on any atom is -0.366 e. The van der Waals surface area contributed by atoms with Gasteiger partial charge in [0.2, 0.25) is 11.7 Å². The van der Waals surface area contributed by atoms with E-state index in [1.165, 1.54) is 12.1 Å². The van der Waals surface area contributed by atoms with Gasteiger partial charge >= 0.3 is 6.18 Å². The first-order valence-corrected chi connectivity index (χ1v) is 9.78. The highest BCUT2D eigenvalue weighted by atomic mass is 19.4. The Morgan fingerprint density at radius 1 is 1.03 bits per heavy atom. The largest absolute Gasteiger partial charge is 0.451 e. The highest BCUT2D eigenvalue weighted by Crippen LogP contribution is 2.33. The van der Waals surface area contributed by atoms with Crippen molar-refractivity contribution in [1.29, 1.82) is 0 Å². The van der Waals surface area contributed by atoms with Crippen LogP contribution < -0.4 is 5.73 Å². The Labute approximate surface area is 186 Å². The first-order valence-electron chi connectivity index (χ1n) is 9.78. The molecule has 0 saturated heterocycles. The van der Waals surface area contributed by atoms with Crippen LogP contribution in [0.15, 0.2) is 49.2 Å². The number of benzene rings is 1. The fourth-order valence-electron chi connectivity index (χ4n) is 3.36. The van der Waals surface area contributed by atoms with Crippen molar-refractivity contribution < 1.29 is 18.0 Å². The van der Waals surface area contributed by atoms with Crippen molar-refractivity contribution in [3.8, 4) is 16.9 Å². The number of pyridine rings is 1. The molecule has 0 aliphatic rings. The molecule has 0 bridgehead atoms. The number of primary amides is 1. The van der Waals surface area contributed by atoms with Crippen molar-refractivity contribution in [2.45, 2.75) is 26.4 Å². The highest BCUT2D eigenvalue weighted by Gasteiger charge is 2.37. The Morgan fingerprint density at radius 2 is 1.82 bits per heavy atom. The van der Waals surface area contributed by atoms with E-state index in [-0.39, 0.29) is 17.7 Å². The summed E-state index contributed by atoms with van der Waals surface area (Å²) in [6, 6.07) is 6.27. The lowest BCUT2D eigenvalue weighted by molar-refractivity contribution is -0.146. The van der Waals surface area contributed by atoms with Gasteiger partial charge in [0.1, 0.15) is 6.33 Å². The third-order valence-corrected chi connectivity index (χ3v) is 4.93. The highest BCUT2D eigenvalue weighted by molar-refractivity contribution is 5.97. The van der Waals surface area contributed by atoms with Crippen LogP contribution in [0.5, 0.6) is 0 Å². The molecule has 0 aliphatic heterocycles. The minimum atomic E-state index is -4.75. The number of amides is 1. The predicted molar refractivity (Wildman–Crippen MR) is 112 cm³/mol. The molecule has 2 N–H and O–H groups in total. The lowest BCUT2D eigenvalue weighted by atomic mass is 9.93. The number of carbonyl (C=O) groups is 1. The second kappa shape index (κ2) is 8.41. The Kier molecular flexibility index (Phi) is 5.62. The van der Waals surface area contributed by atoms with Crippen LogP contribution in [0.1, 0.15) is 38.7 Å². The summed E-state index contributed by atoms with van der Waals surface area (Å²) in [7, 11) is 0. The molecule has 0 spiro atoms. The quantitative estimate of drug-likeness (QED) is 0.495. The third-order valence-electron chi connectivity index (χ3n) is 4.93. The number of carbonyl (C=O) groups excluding carboxylic acids is 1. The second-order valence-corrected chi connectivity index (χ2v) is 7.42. The summed E-state index contributed by atoms with van der Waals surface area (Å²) in [6.07, 6.45) is 0.994. The van der Waals surface area contributed by atoms with Gasteiger partial charge in [-0.2, -0.15) is 18.3 Å². The zero-order valence-electron chi connectivity index (χ0n) is 17.6. The van der Waals surface area contributed by atoms with Crippen LogP contribution in [0.2, 0.25) is 0 Å². The minimum absolute atomic E-state index is 0.0234. The molecule has 0 aliphatic carbocycles. The van der Waals surface area contributed by atoms with Gasteiger partial charge in [0, 0.05) is 36.1 Å². The van der Waals surface area contributed by atoms with Crippen molar-refractivity contribution in [3.05, 3.63) is 83.1 Å². The zero-order chi connectivity index (χ0) is 23.8. The Hall–Kier alpha value is -4.15. The number of aromatic nitrogens is 6. The van der Waals surface area contributed by atoms with Crippen molar-refractivity contribution in [3.63, 3.8) is 0 Å². The van der Waals surface area contributed by atoms with E-state index >= 15 is 0 Å². The SMILES string of the molecule is Cc1ccc(-c2cc(-n3ncnc3C(F)(F)F)cc(C(N)=O)c2Cc2cnc(C)cn2)nc1. The van der Waals surface area contributed by atoms with E-state index in [0.717, 1.165) is 17.6 Å². The fourth-order valence-corrected chi connectivity index (χ4v) is 3.36. The van der Waals surface area contributed by atoms with Gasteiger partial charge in [-0.05, 0) is 43.2 Å². The van der Waals surface area contributed by atoms with E-state index in [2.05, 4.69) is 25.0 Å². The summed E-state index contributed by atoms with van der Waals surface area (Å²) in [5.74, 6) is -2.04. The Bertz CT molecular complexity index is 1310. The molecule has 33 heavy (non-hydrogen) atoms. The number of rotatable bonds is 5. The van der Waals surface area contributed by atoms with Gasteiger partial charge in [0.05, 0.1) is 22.8 Å². The smallest absolute Gasteiger partial charge is 0.366 e. The van der Waals surface area contributed by atoms with Crippen LogP contribution >= 0.6 is 0 Å². The molecule has 8 nitrogen and oxygen atoms in total. The van der Waals surface area contributed by atoms with Crippen LogP contribution in [0.25, 0.3) is 16.9 Å². The molecule has 0 saturated carbocycles. The van der Waals surface area contributed by atoms with E-state index in [1.807, 2.05) is 13.0 Å². The molecular weight excluding hydrogens is 435 g/mol. The number of nitrogens with two attached hydrogens (primary N) is 1. The number of aryl methyl sites for hydroxylation is 2. The second-order valence-electron chi connectivity index (χ2n) is 7.42.